The molecule has 1 aliphatic rings. The maximum atomic E-state index is 11.8. The molecule has 1 rings (SSSR count). The van der Waals surface area contributed by atoms with Crippen LogP contribution in [-0.4, -0.2) is 67.8 Å². The number of nitrogens with one attached hydrogen (secondary N) is 1. The fourth-order valence-corrected chi connectivity index (χ4v) is 2.38. The summed E-state index contributed by atoms with van der Waals surface area (Å²) in [7, 11) is 1.82. The van der Waals surface area contributed by atoms with Gasteiger partial charge in [-0.25, -0.2) is 4.79 Å². The molecule has 0 unspecified atom stereocenters. The monoisotopic (exact) mass is 281 g/mol. The molecule has 0 radical (unpaired) electrons. The third-order valence-corrected chi connectivity index (χ3v) is 3.37. The van der Waals surface area contributed by atoms with Crippen molar-refractivity contribution in [3.8, 4) is 12.3 Å². The zero-order valence-electron chi connectivity index (χ0n) is 12.9. The van der Waals surface area contributed by atoms with Crippen LogP contribution in [0.1, 0.15) is 26.7 Å². The summed E-state index contributed by atoms with van der Waals surface area (Å²) in [6.45, 7) is 8.28. The number of carbonyl (C=O) groups is 1. The van der Waals surface area contributed by atoms with Gasteiger partial charge in [0.15, 0.2) is 0 Å². The van der Waals surface area contributed by atoms with Crippen LogP contribution in [0.5, 0.6) is 0 Å². The van der Waals surface area contributed by atoms with Crippen LogP contribution in [0.2, 0.25) is 0 Å². The number of amides is 2. The van der Waals surface area contributed by atoms with Crippen LogP contribution in [0.25, 0.3) is 0 Å². The summed E-state index contributed by atoms with van der Waals surface area (Å²) in [5, 5.41) is 2.87. The van der Waals surface area contributed by atoms with Gasteiger partial charge in [-0.1, -0.05) is 0 Å². The van der Waals surface area contributed by atoms with Gasteiger partial charge in [-0.05, 0) is 20.3 Å². The van der Waals surface area contributed by atoms with Crippen molar-refractivity contribution in [3.63, 3.8) is 0 Å². The van der Waals surface area contributed by atoms with Crippen LogP contribution in [0, 0.1) is 12.3 Å². The molecule has 1 N–H and O–H groups in total. The number of rotatable bonds is 6. The first-order valence-corrected chi connectivity index (χ1v) is 7.33. The van der Waals surface area contributed by atoms with Crippen molar-refractivity contribution < 1.29 is 9.53 Å². The van der Waals surface area contributed by atoms with Crippen molar-refractivity contribution in [2.75, 3.05) is 39.8 Å². The fourth-order valence-electron chi connectivity index (χ4n) is 2.38. The molecule has 2 amide bonds. The molecule has 0 saturated carbocycles. The first-order chi connectivity index (χ1) is 9.52. The average Bonchev–Trinajstić information content (AvgIpc) is 2.39. The minimum Gasteiger partial charge on any atom is -0.373 e. The molecule has 0 spiro atoms. The van der Waals surface area contributed by atoms with Crippen LogP contribution in [0.3, 0.4) is 0 Å². The molecule has 114 valence electrons. The minimum atomic E-state index is -0.0311. The largest absolute Gasteiger partial charge is 0.373 e. The summed E-state index contributed by atoms with van der Waals surface area (Å²) in [4.78, 5) is 15.9. The van der Waals surface area contributed by atoms with Crippen molar-refractivity contribution >= 4 is 6.03 Å². The van der Waals surface area contributed by atoms with E-state index in [2.05, 4.69) is 30.0 Å². The normalized spacial score (nSPS) is 23.1. The Bertz CT molecular complexity index is 331. The van der Waals surface area contributed by atoms with Gasteiger partial charge in [-0.3, -0.25) is 4.90 Å². The van der Waals surface area contributed by atoms with Crippen molar-refractivity contribution in [2.24, 2.45) is 0 Å². The first kappa shape index (κ1) is 16.8. The summed E-state index contributed by atoms with van der Waals surface area (Å²) in [5.41, 5.74) is 0. The SMILES string of the molecule is C#CCCCNC(=O)N(C)CCN1C[C@@H](C)O[C@@H](C)C1. The highest BCUT2D eigenvalue weighted by molar-refractivity contribution is 5.73. The van der Waals surface area contributed by atoms with E-state index < -0.39 is 0 Å². The van der Waals surface area contributed by atoms with Crippen LogP contribution < -0.4 is 5.32 Å². The predicted molar refractivity (Wildman–Crippen MR) is 80.5 cm³/mol. The second kappa shape index (κ2) is 8.83. The Morgan fingerprint density at radius 2 is 2.10 bits per heavy atom. The molecule has 2 atom stereocenters. The van der Waals surface area contributed by atoms with Gasteiger partial charge in [0.2, 0.25) is 0 Å². The molecule has 0 aromatic carbocycles. The molecular weight excluding hydrogens is 254 g/mol. The molecule has 1 saturated heterocycles. The number of hydrogen-bond donors (Lipinski definition) is 1. The Labute approximate surface area is 122 Å². The highest BCUT2D eigenvalue weighted by Crippen LogP contribution is 2.10. The lowest BCUT2D eigenvalue weighted by atomic mass is 10.2. The zero-order chi connectivity index (χ0) is 15.0. The van der Waals surface area contributed by atoms with Crippen LogP contribution >= 0.6 is 0 Å². The standard InChI is InChI=1S/C15H27N3O2/c1-5-6-7-8-16-15(19)17(4)9-10-18-11-13(2)20-14(3)12-18/h1,13-14H,6-12H2,2-4H3,(H,16,19)/t13-,14+. The molecule has 0 aliphatic carbocycles. The van der Waals surface area contributed by atoms with Crippen molar-refractivity contribution in [2.45, 2.75) is 38.9 Å². The maximum absolute atomic E-state index is 11.8. The molecule has 20 heavy (non-hydrogen) atoms. The average molecular weight is 281 g/mol. The Morgan fingerprint density at radius 3 is 2.70 bits per heavy atom. The molecule has 0 aromatic heterocycles. The molecule has 0 bridgehead atoms. The molecule has 1 heterocycles. The van der Waals surface area contributed by atoms with Gasteiger partial charge >= 0.3 is 6.03 Å². The molecule has 0 aromatic rings. The number of nitrogens with zero attached hydrogens (tertiary/aromatic N) is 2. The van der Waals surface area contributed by atoms with E-state index >= 15 is 0 Å². The van der Waals surface area contributed by atoms with Gasteiger partial charge in [-0.15, -0.1) is 12.3 Å². The van der Waals surface area contributed by atoms with E-state index in [1.54, 1.807) is 4.90 Å². The lowest BCUT2D eigenvalue weighted by Gasteiger charge is -2.36. The van der Waals surface area contributed by atoms with E-state index in [0.717, 1.165) is 32.6 Å². The molecular formula is C15H27N3O2. The Balaban J connectivity index is 2.19. The Kier molecular flexibility index (Phi) is 7.42. The summed E-state index contributed by atoms with van der Waals surface area (Å²) in [6.07, 6.45) is 7.23. The lowest BCUT2D eigenvalue weighted by molar-refractivity contribution is -0.0684. The third kappa shape index (κ3) is 6.27. The summed E-state index contributed by atoms with van der Waals surface area (Å²) in [6, 6.07) is -0.0311. The second-order valence-corrected chi connectivity index (χ2v) is 5.48. The quantitative estimate of drug-likeness (QED) is 0.587. The Morgan fingerprint density at radius 1 is 1.45 bits per heavy atom. The number of carbonyl (C=O) groups excluding carboxylic acids is 1. The number of hydrogen-bond acceptors (Lipinski definition) is 3. The molecule has 5 nitrogen and oxygen atoms in total. The smallest absolute Gasteiger partial charge is 0.317 e. The van der Waals surface area contributed by atoms with Crippen LogP contribution in [0.15, 0.2) is 0 Å². The van der Waals surface area contributed by atoms with Crippen LogP contribution in [0.4, 0.5) is 4.79 Å². The zero-order valence-corrected chi connectivity index (χ0v) is 12.9. The van der Waals surface area contributed by atoms with Gasteiger partial charge < -0.3 is 15.0 Å². The first-order valence-electron chi connectivity index (χ1n) is 7.33. The maximum Gasteiger partial charge on any atom is 0.317 e. The van der Waals surface area contributed by atoms with Gasteiger partial charge in [-0.2, -0.15) is 0 Å². The topological polar surface area (TPSA) is 44.8 Å². The summed E-state index contributed by atoms with van der Waals surface area (Å²) in [5.74, 6) is 2.56. The second-order valence-electron chi connectivity index (χ2n) is 5.48. The number of likely N-dealkylation sites (N-methyl/N-ethyl adjacent to an activating group) is 1. The van der Waals surface area contributed by atoms with E-state index in [1.807, 2.05) is 7.05 Å². The van der Waals surface area contributed by atoms with Gasteiger partial charge in [0.05, 0.1) is 12.2 Å². The number of morpholine rings is 1. The lowest BCUT2D eigenvalue weighted by Crippen LogP contribution is -2.49. The molecule has 1 aliphatic heterocycles. The highest BCUT2D eigenvalue weighted by atomic mass is 16.5. The van der Waals surface area contributed by atoms with Gasteiger partial charge in [0.25, 0.3) is 0 Å². The van der Waals surface area contributed by atoms with Crippen molar-refractivity contribution in [3.05, 3.63) is 0 Å². The number of ether oxygens (including phenoxy) is 1. The van der Waals surface area contributed by atoms with Gasteiger partial charge in [0.1, 0.15) is 0 Å². The van der Waals surface area contributed by atoms with Crippen LogP contribution in [-0.2, 0) is 4.74 Å². The third-order valence-electron chi connectivity index (χ3n) is 3.37. The van der Waals surface area contributed by atoms with E-state index in [-0.39, 0.29) is 18.2 Å². The minimum absolute atomic E-state index is 0.0311. The number of urea groups is 1. The van der Waals surface area contributed by atoms with E-state index in [4.69, 9.17) is 11.2 Å². The molecule has 1 fully saturated rings. The predicted octanol–water partition coefficient (Wildman–Crippen LogP) is 1.15. The number of terminal acetylenes is 1. The number of unbranched alkanes of at least 4 members (excludes halogenated alkanes) is 1. The van der Waals surface area contributed by atoms with E-state index in [9.17, 15) is 4.79 Å². The Hall–Kier alpha value is -1.25. The van der Waals surface area contributed by atoms with Crippen molar-refractivity contribution in [1.82, 2.24) is 15.1 Å². The van der Waals surface area contributed by atoms with Gasteiger partial charge in [0, 0.05) is 46.2 Å². The van der Waals surface area contributed by atoms with Crippen molar-refractivity contribution in [1.29, 1.82) is 0 Å². The summed E-state index contributed by atoms with van der Waals surface area (Å²) >= 11 is 0. The fraction of sp³-hybridized carbons (Fsp3) is 0.800. The van der Waals surface area contributed by atoms with E-state index in [0.29, 0.717) is 13.0 Å². The highest BCUT2D eigenvalue weighted by Gasteiger charge is 2.22. The molecule has 5 heteroatoms. The van der Waals surface area contributed by atoms with E-state index in [1.165, 1.54) is 0 Å². The summed E-state index contributed by atoms with van der Waals surface area (Å²) < 4.78 is 5.70.